The maximum atomic E-state index is 13.1. The fourth-order valence-electron chi connectivity index (χ4n) is 2.81. The number of pyridine rings is 2. The molecule has 3 rings (SSSR count). The van der Waals surface area contributed by atoms with Gasteiger partial charge in [0.05, 0.1) is 31.4 Å². The minimum absolute atomic E-state index is 0.0439. The van der Waals surface area contributed by atoms with Crippen molar-refractivity contribution in [3.63, 3.8) is 0 Å². The second kappa shape index (κ2) is 8.97. The number of anilines is 3. The van der Waals surface area contributed by atoms with Crippen LogP contribution in [0, 0.1) is 0 Å². The molecule has 0 aromatic carbocycles. The number of aromatic nitrogens is 4. The van der Waals surface area contributed by atoms with E-state index < -0.39 is 0 Å². The minimum Gasteiger partial charge on any atom is -0.394 e. The normalized spacial score (nSPS) is 11.6. The Morgan fingerprint density at radius 3 is 2.72 bits per heavy atom. The number of nitrogens with zero attached hydrogens (tertiary/aromatic N) is 4. The maximum absolute atomic E-state index is 13.1. The molecular weight excluding hydrogens is 372 g/mol. The van der Waals surface area contributed by atoms with Crippen molar-refractivity contribution in [2.75, 3.05) is 30.5 Å². The lowest BCUT2D eigenvalue weighted by atomic mass is 10.1. The lowest BCUT2D eigenvalue weighted by molar-refractivity contribution is 0.0866. The fourth-order valence-corrected chi connectivity index (χ4v) is 2.81. The molecule has 9 heteroatoms. The molecule has 0 radical (unpaired) electrons. The third kappa shape index (κ3) is 5.49. The second-order valence-electron chi connectivity index (χ2n) is 7.56. The van der Waals surface area contributed by atoms with Gasteiger partial charge in [0, 0.05) is 30.7 Å². The summed E-state index contributed by atoms with van der Waals surface area (Å²) in [4.78, 5) is 26.0. The molecule has 3 N–H and O–H groups in total. The summed E-state index contributed by atoms with van der Waals surface area (Å²) in [5, 5.41) is 16.5. The molecular formula is C20H26N6O3. The first-order chi connectivity index (χ1) is 13.9. The minimum atomic E-state index is -0.289. The van der Waals surface area contributed by atoms with Crippen molar-refractivity contribution >= 4 is 28.2 Å². The van der Waals surface area contributed by atoms with Gasteiger partial charge in [0.1, 0.15) is 17.5 Å². The highest BCUT2D eigenvalue weighted by molar-refractivity contribution is 5.93. The van der Waals surface area contributed by atoms with Gasteiger partial charge in [-0.3, -0.25) is 9.78 Å². The quantitative estimate of drug-likeness (QED) is 0.495. The molecule has 0 atom stereocenters. The highest BCUT2D eigenvalue weighted by atomic mass is 16.5. The van der Waals surface area contributed by atoms with Crippen LogP contribution in [0.3, 0.4) is 0 Å². The van der Waals surface area contributed by atoms with Crippen molar-refractivity contribution in [3.05, 3.63) is 47.3 Å². The number of hydrogen-bond donors (Lipinski definition) is 3. The van der Waals surface area contributed by atoms with E-state index in [2.05, 4.69) is 25.6 Å². The molecule has 9 nitrogen and oxygen atoms in total. The highest BCUT2D eigenvalue weighted by Gasteiger charge is 2.17. The molecule has 0 bridgehead atoms. The predicted molar refractivity (Wildman–Crippen MR) is 113 cm³/mol. The standard InChI is InChI=1S/C20H26N6O3/c1-20(2,3)25-18-17-14(4-7-26(19(17)28)8-10-29-11-9-27)12-15(24-18)23-16-13-21-5-6-22-16/h4-7,12-13,27H,8-11H2,1-3H3,(H2,22,23,24,25). The predicted octanol–water partition coefficient (Wildman–Crippen LogP) is 2.15. The van der Waals surface area contributed by atoms with E-state index in [0.717, 1.165) is 5.39 Å². The van der Waals surface area contributed by atoms with Gasteiger partial charge in [0.2, 0.25) is 0 Å². The molecule has 154 valence electrons. The van der Waals surface area contributed by atoms with Crippen molar-refractivity contribution in [3.8, 4) is 0 Å². The molecule has 3 aromatic rings. The summed E-state index contributed by atoms with van der Waals surface area (Å²) in [6.45, 7) is 6.96. The average Bonchev–Trinajstić information content (AvgIpc) is 2.66. The maximum Gasteiger partial charge on any atom is 0.262 e. The van der Waals surface area contributed by atoms with E-state index >= 15 is 0 Å². The van der Waals surface area contributed by atoms with Crippen molar-refractivity contribution in [1.29, 1.82) is 0 Å². The molecule has 0 aliphatic carbocycles. The molecule has 0 saturated heterocycles. The Bertz CT molecular complexity index is 1010. The molecule has 0 aliphatic heterocycles. The molecule has 0 aliphatic rings. The van der Waals surface area contributed by atoms with Gasteiger partial charge in [-0.2, -0.15) is 0 Å². The Hall–Kier alpha value is -3.04. The SMILES string of the molecule is CC(C)(C)Nc1nc(Nc2cnccn2)cc2ccn(CCOCCO)c(=O)c12. The third-order valence-electron chi connectivity index (χ3n) is 3.98. The van der Waals surface area contributed by atoms with Crippen LogP contribution in [0.5, 0.6) is 0 Å². The monoisotopic (exact) mass is 398 g/mol. The number of aliphatic hydroxyl groups is 1. The zero-order valence-corrected chi connectivity index (χ0v) is 16.8. The van der Waals surface area contributed by atoms with Gasteiger partial charge in [-0.25, -0.2) is 9.97 Å². The number of fused-ring (bicyclic) bond motifs is 1. The van der Waals surface area contributed by atoms with Crippen LogP contribution in [0.4, 0.5) is 17.5 Å². The van der Waals surface area contributed by atoms with Crippen LogP contribution in [-0.4, -0.2) is 50.0 Å². The topological polar surface area (TPSA) is 114 Å². The van der Waals surface area contributed by atoms with E-state index in [4.69, 9.17) is 9.84 Å². The number of ether oxygens (including phenoxy) is 1. The van der Waals surface area contributed by atoms with Crippen LogP contribution in [-0.2, 0) is 11.3 Å². The summed E-state index contributed by atoms with van der Waals surface area (Å²) in [6, 6.07) is 3.69. The average molecular weight is 398 g/mol. The van der Waals surface area contributed by atoms with Gasteiger partial charge in [-0.15, -0.1) is 0 Å². The summed E-state index contributed by atoms with van der Waals surface area (Å²) < 4.78 is 6.87. The Morgan fingerprint density at radius 1 is 1.21 bits per heavy atom. The Morgan fingerprint density at radius 2 is 2.03 bits per heavy atom. The molecule has 0 saturated carbocycles. The van der Waals surface area contributed by atoms with Crippen LogP contribution in [0.1, 0.15) is 20.8 Å². The van der Waals surface area contributed by atoms with Crippen LogP contribution < -0.4 is 16.2 Å². The van der Waals surface area contributed by atoms with Gasteiger partial charge in [0.25, 0.3) is 5.56 Å². The van der Waals surface area contributed by atoms with Crippen molar-refractivity contribution in [1.82, 2.24) is 19.5 Å². The summed E-state index contributed by atoms with van der Waals surface area (Å²) in [5.74, 6) is 1.63. The molecule has 0 spiro atoms. The summed E-state index contributed by atoms with van der Waals surface area (Å²) in [6.07, 6.45) is 6.53. The second-order valence-corrected chi connectivity index (χ2v) is 7.56. The lowest BCUT2D eigenvalue weighted by Gasteiger charge is -2.23. The van der Waals surface area contributed by atoms with Crippen molar-refractivity contribution < 1.29 is 9.84 Å². The van der Waals surface area contributed by atoms with Crippen LogP contribution in [0.2, 0.25) is 0 Å². The van der Waals surface area contributed by atoms with Crippen molar-refractivity contribution in [2.24, 2.45) is 0 Å². The van der Waals surface area contributed by atoms with Gasteiger partial charge in [-0.05, 0) is 38.3 Å². The Balaban J connectivity index is 2.01. The lowest BCUT2D eigenvalue weighted by Crippen LogP contribution is -2.29. The molecule has 29 heavy (non-hydrogen) atoms. The van der Waals surface area contributed by atoms with E-state index in [0.29, 0.717) is 36.0 Å². The first-order valence-electron chi connectivity index (χ1n) is 9.41. The first-order valence-corrected chi connectivity index (χ1v) is 9.41. The van der Waals surface area contributed by atoms with Gasteiger partial charge in [0.15, 0.2) is 0 Å². The smallest absolute Gasteiger partial charge is 0.262 e. The summed E-state index contributed by atoms with van der Waals surface area (Å²) in [5.41, 5.74) is -0.442. The zero-order chi connectivity index (χ0) is 20.9. The summed E-state index contributed by atoms with van der Waals surface area (Å²) in [7, 11) is 0. The first kappa shape index (κ1) is 20.7. The largest absolute Gasteiger partial charge is 0.394 e. The number of rotatable bonds is 8. The molecule has 0 amide bonds. The fraction of sp³-hybridized carbons (Fsp3) is 0.400. The number of nitrogens with one attached hydrogen (secondary N) is 2. The molecule has 3 aromatic heterocycles. The van der Waals surface area contributed by atoms with Crippen molar-refractivity contribution in [2.45, 2.75) is 32.9 Å². The Labute approximate surface area is 168 Å². The highest BCUT2D eigenvalue weighted by Crippen LogP contribution is 2.25. The van der Waals surface area contributed by atoms with Crippen LogP contribution >= 0.6 is 0 Å². The van der Waals surface area contributed by atoms with Gasteiger partial charge in [-0.1, -0.05) is 0 Å². The number of hydrogen-bond acceptors (Lipinski definition) is 8. The molecule has 3 heterocycles. The van der Waals surface area contributed by atoms with Crippen LogP contribution in [0.25, 0.3) is 10.8 Å². The molecule has 0 fully saturated rings. The third-order valence-corrected chi connectivity index (χ3v) is 3.98. The van der Waals surface area contributed by atoms with Gasteiger partial charge >= 0.3 is 0 Å². The van der Waals surface area contributed by atoms with E-state index in [-0.39, 0.29) is 24.3 Å². The zero-order valence-electron chi connectivity index (χ0n) is 16.8. The van der Waals surface area contributed by atoms with Gasteiger partial charge < -0.3 is 25.0 Å². The van der Waals surface area contributed by atoms with E-state index in [1.165, 1.54) is 0 Å². The number of aliphatic hydroxyl groups excluding tert-OH is 1. The molecule has 0 unspecified atom stereocenters. The van der Waals surface area contributed by atoms with E-state index in [1.807, 2.05) is 32.9 Å². The summed E-state index contributed by atoms with van der Waals surface area (Å²) >= 11 is 0. The van der Waals surface area contributed by atoms with E-state index in [1.54, 1.807) is 29.4 Å². The van der Waals surface area contributed by atoms with Crippen LogP contribution in [0.15, 0.2) is 41.7 Å². The van der Waals surface area contributed by atoms with E-state index in [9.17, 15) is 4.79 Å². The Kier molecular flexibility index (Phi) is 6.40.